The molecule has 3 rings (SSSR count). The maximum absolute atomic E-state index is 14.2. The van der Waals surface area contributed by atoms with Gasteiger partial charge in [-0.25, -0.2) is 13.2 Å². The summed E-state index contributed by atoms with van der Waals surface area (Å²) in [5.41, 5.74) is 1.33. The van der Waals surface area contributed by atoms with Gasteiger partial charge in [-0.2, -0.15) is 11.8 Å². The van der Waals surface area contributed by atoms with E-state index < -0.39 is 44.5 Å². The van der Waals surface area contributed by atoms with E-state index in [-0.39, 0.29) is 32.5 Å². The number of aliphatic carboxylic acids is 1. The molecule has 4 atom stereocenters. The number of allylic oxidation sites excluding steroid dienone is 2. The maximum Gasteiger partial charge on any atom is 1.00 e. The number of amides is 1. The molecule has 0 radical (unpaired) electrons. The standard InChI is InChI=1S/C32H42N2O5S2.Li.H/c1-4-5-23-41(38,39)31(33-21-18-25-14-7-6-8-15-25)32(26-16-10-9-13-24(26)2)20-12-11-17-27(32)29(35)34-28(30(36)37)19-22-40-3;;/h6-17,20,27-28,31,33H,4-5,18-19,21-23H2,1-3H3,(H,34,35)(H,36,37);;/q;+1;-1. The molecule has 2 aromatic rings. The van der Waals surface area contributed by atoms with Crippen LogP contribution in [0.1, 0.15) is 44.3 Å². The van der Waals surface area contributed by atoms with Gasteiger partial charge in [0.05, 0.1) is 17.1 Å². The SMILES string of the molecule is CCCCS(=O)(=O)C(NCCc1ccccc1)C1(c2ccccc2C)C=CC=CC1C(=O)NC(CCSC)C(=O)O.[H-].[Li+]. The molecule has 0 aromatic heterocycles. The number of carboxylic acid groups (broad SMARTS) is 1. The fraction of sp³-hybridized carbons (Fsp3) is 0.438. The summed E-state index contributed by atoms with van der Waals surface area (Å²) in [6.07, 6.45) is 11.0. The van der Waals surface area contributed by atoms with Gasteiger partial charge in [-0.15, -0.1) is 0 Å². The first kappa shape index (κ1) is 35.9. The Morgan fingerprint density at radius 3 is 2.43 bits per heavy atom. The zero-order chi connectivity index (χ0) is 29.9. The molecule has 0 fully saturated rings. The van der Waals surface area contributed by atoms with Crippen LogP contribution in [0.15, 0.2) is 78.9 Å². The summed E-state index contributed by atoms with van der Waals surface area (Å²) in [7, 11) is -3.78. The third-order valence-corrected chi connectivity index (χ3v) is 10.4. The number of thioether (sulfide) groups is 1. The molecule has 1 aliphatic carbocycles. The van der Waals surface area contributed by atoms with Gasteiger partial charge >= 0.3 is 24.8 Å². The van der Waals surface area contributed by atoms with Crippen molar-refractivity contribution >= 4 is 33.5 Å². The Bertz CT molecular complexity index is 1340. The zero-order valence-electron chi connectivity index (χ0n) is 26.1. The maximum atomic E-state index is 14.2. The molecule has 42 heavy (non-hydrogen) atoms. The van der Waals surface area contributed by atoms with E-state index in [2.05, 4.69) is 10.6 Å². The molecule has 3 N–H and O–H groups in total. The van der Waals surface area contributed by atoms with E-state index in [1.807, 2.05) is 80.8 Å². The Hall–Kier alpha value is -2.28. The minimum absolute atomic E-state index is 0. The summed E-state index contributed by atoms with van der Waals surface area (Å²) in [5, 5.41) is 14.8. The Morgan fingerprint density at radius 2 is 1.79 bits per heavy atom. The van der Waals surface area contributed by atoms with Crippen LogP contribution in [-0.4, -0.2) is 61.1 Å². The van der Waals surface area contributed by atoms with E-state index in [0.717, 1.165) is 11.1 Å². The van der Waals surface area contributed by atoms with E-state index in [1.54, 1.807) is 18.2 Å². The normalized spacial score (nSPS) is 19.5. The van der Waals surface area contributed by atoms with Crippen LogP contribution in [0.3, 0.4) is 0 Å². The third-order valence-electron chi connectivity index (χ3n) is 7.58. The molecular weight excluding hydrogens is 563 g/mol. The predicted molar refractivity (Wildman–Crippen MR) is 169 cm³/mol. The number of sulfone groups is 1. The van der Waals surface area contributed by atoms with Crippen LogP contribution in [0.5, 0.6) is 0 Å². The van der Waals surface area contributed by atoms with Crippen LogP contribution in [0, 0.1) is 12.8 Å². The molecule has 0 heterocycles. The van der Waals surface area contributed by atoms with Crippen molar-refractivity contribution in [1.29, 1.82) is 0 Å². The molecule has 1 aliphatic rings. The van der Waals surface area contributed by atoms with Crippen molar-refractivity contribution in [2.45, 2.75) is 56.4 Å². The minimum atomic E-state index is -3.78. The van der Waals surface area contributed by atoms with Crippen molar-refractivity contribution in [3.63, 3.8) is 0 Å². The number of rotatable bonds is 16. The second-order valence-electron chi connectivity index (χ2n) is 10.4. The van der Waals surface area contributed by atoms with Crippen LogP contribution in [0.2, 0.25) is 0 Å². The average molecular weight is 607 g/mol. The molecule has 10 heteroatoms. The fourth-order valence-electron chi connectivity index (χ4n) is 5.47. The Balaban J connectivity index is 0.00000462. The molecule has 7 nitrogen and oxygen atoms in total. The number of aryl methyl sites for hydroxylation is 1. The predicted octanol–water partition coefficient (Wildman–Crippen LogP) is 1.79. The van der Waals surface area contributed by atoms with Gasteiger partial charge in [-0.3, -0.25) is 10.1 Å². The number of hydrogen-bond acceptors (Lipinski definition) is 6. The van der Waals surface area contributed by atoms with Crippen LogP contribution in [0.25, 0.3) is 0 Å². The Labute approximate surface area is 268 Å². The molecule has 224 valence electrons. The summed E-state index contributed by atoms with van der Waals surface area (Å²) in [4.78, 5) is 26.1. The van der Waals surface area contributed by atoms with E-state index in [0.29, 0.717) is 37.1 Å². The van der Waals surface area contributed by atoms with Gasteiger partial charge in [0.2, 0.25) is 5.91 Å². The van der Waals surface area contributed by atoms with Gasteiger partial charge in [0, 0.05) is 6.54 Å². The van der Waals surface area contributed by atoms with Crippen molar-refractivity contribution < 1.29 is 43.4 Å². The number of unbranched alkanes of at least 4 members (excludes halogenated alkanes) is 1. The molecule has 2 aromatic carbocycles. The van der Waals surface area contributed by atoms with Crippen molar-refractivity contribution in [2.24, 2.45) is 5.92 Å². The van der Waals surface area contributed by atoms with Crippen molar-refractivity contribution in [1.82, 2.24) is 10.6 Å². The number of carboxylic acids is 1. The summed E-state index contributed by atoms with van der Waals surface area (Å²) >= 11 is 1.50. The number of carbonyl (C=O) groups excluding carboxylic acids is 1. The summed E-state index contributed by atoms with van der Waals surface area (Å²) in [6.45, 7) is 4.24. The molecule has 0 saturated carbocycles. The Morgan fingerprint density at radius 1 is 1.10 bits per heavy atom. The van der Waals surface area contributed by atoms with Crippen molar-refractivity contribution in [3.05, 3.63) is 95.6 Å². The summed E-state index contributed by atoms with van der Waals surface area (Å²) < 4.78 is 28.4. The van der Waals surface area contributed by atoms with Crippen LogP contribution >= 0.6 is 11.8 Å². The van der Waals surface area contributed by atoms with E-state index in [1.165, 1.54) is 11.8 Å². The van der Waals surface area contributed by atoms with Gasteiger partial charge < -0.3 is 11.8 Å². The molecule has 0 saturated heterocycles. The van der Waals surface area contributed by atoms with Crippen LogP contribution < -0.4 is 29.5 Å². The van der Waals surface area contributed by atoms with Gasteiger partial charge in [0.15, 0.2) is 9.84 Å². The third kappa shape index (κ3) is 8.87. The molecule has 0 spiro atoms. The minimum Gasteiger partial charge on any atom is -1.00 e. The molecule has 4 unspecified atom stereocenters. The molecule has 0 bridgehead atoms. The second-order valence-corrected chi connectivity index (χ2v) is 13.6. The number of hydrogen-bond donors (Lipinski definition) is 3. The largest absolute Gasteiger partial charge is 1.00 e. The van der Waals surface area contributed by atoms with Crippen molar-refractivity contribution in [3.8, 4) is 0 Å². The topological polar surface area (TPSA) is 113 Å². The van der Waals surface area contributed by atoms with Gasteiger partial charge in [-0.05, 0) is 54.9 Å². The van der Waals surface area contributed by atoms with E-state index >= 15 is 0 Å². The van der Waals surface area contributed by atoms with E-state index in [9.17, 15) is 23.1 Å². The summed E-state index contributed by atoms with van der Waals surface area (Å²) in [5.74, 6) is -2.05. The van der Waals surface area contributed by atoms with Crippen molar-refractivity contribution in [2.75, 3.05) is 24.3 Å². The average Bonchev–Trinajstić information content (AvgIpc) is 2.96. The van der Waals surface area contributed by atoms with E-state index in [4.69, 9.17) is 0 Å². The van der Waals surface area contributed by atoms with Crippen LogP contribution in [-0.2, 0) is 31.3 Å². The smallest absolute Gasteiger partial charge is 1.00 e. The molecule has 1 amide bonds. The summed E-state index contributed by atoms with van der Waals surface area (Å²) in [6, 6.07) is 16.3. The van der Waals surface area contributed by atoms with Crippen LogP contribution in [0.4, 0.5) is 0 Å². The quantitative estimate of drug-likeness (QED) is 0.250. The van der Waals surface area contributed by atoms with Gasteiger partial charge in [-0.1, -0.05) is 92.2 Å². The first-order valence-corrected chi connectivity index (χ1v) is 17.2. The monoisotopic (exact) mass is 606 g/mol. The Kier molecular flexibility index (Phi) is 14.6. The molecular formula is C32H43LiN2O5S2. The van der Waals surface area contributed by atoms with Gasteiger partial charge in [0.25, 0.3) is 0 Å². The second kappa shape index (κ2) is 17.1. The zero-order valence-corrected chi connectivity index (χ0v) is 26.7. The number of nitrogens with one attached hydrogen (secondary N) is 2. The number of benzene rings is 2. The first-order valence-electron chi connectivity index (χ1n) is 14.1. The number of carbonyl (C=O) groups is 2. The first-order chi connectivity index (χ1) is 19.7. The van der Waals surface area contributed by atoms with Gasteiger partial charge in [0.1, 0.15) is 11.4 Å². The fourth-order valence-corrected chi connectivity index (χ4v) is 8.18. The molecule has 0 aliphatic heterocycles.